The maximum absolute atomic E-state index is 13.6. The van der Waals surface area contributed by atoms with Gasteiger partial charge in [-0.25, -0.2) is 0 Å². The maximum Gasteiger partial charge on any atom is 0.237 e. The van der Waals surface area contributed by atoms with Gasteiger partial charge in [0.05, 0.1) is 6.04 Å². The van der Waals surface area contributed by atoms with Crippen LogP contribution in [0.4, 0.5) is 0 Å². The highest BCUT2D eigenvalue weighted by molar-refractivity contribution is 5.83. The highest BCUT2D eigenvalue weighted by Gasteiger charge is 2.48. The van der Waals surface area contributed by atoms with Gasteiger partial charge >= 0.3 is 0 Å². The molecule has 7 heteroatoms. The highest BCUT2D eigenvalue weighted by Crippen LogP contribution is 2.46. The van der Waals surface area contributed by atoms with Gasteiger partial charge in [-0.05, 0) is 94.3 Å². The van der Waals surface area contributed by atoms with Gasteiger partial charge in [-0.3, -0.25) is 9.69 Å². The first kappa shape index (κ1) is 24.4. The first-order valence-electron chi connectivity index (χ1n) is 14.3. The summed E-state index contributed by atoms with van der Waals surface area (Å²) in [5.74, 6) is 3.84. The van der Waals surface area contributed by atoms with Gasteiger partial charge in [0.25, 0.3) is 0 Å². The van der Waals surface area contributed by atoms with Crippen molar-refractivity contribution in [1.29, 1.82) is 0 Å². The number of amides is 1. The van der Waals surface area contributed by atoms with E-state index in [0.29, 0.717) is 29.8 Å². The van der Waals surface area contributed by atoms with E-state index in [-0.39, 0.29) is 23.9 Å². The van der Waals surface area contributed by atoms with Crippen LogP contribution in [0, 0.1) is 29.6 Å². The number of rotatable bonds is 5. The quantitative estimate of drug-likeness (QED) is 0.211. The van der Waals surface area contributed by atoms with Gasteiger partial charge in [0.1, 0.15) is 5.84 Å². The zero-order valence-electron chi connectivity index (χ0n) is 20.9. The molecule has 5 fully saturated rings. The molecule has 1 saturated heterocycles. The summed E-state index contributed by atoms with van der Waals surface area (Å²) in [7, 11) is 0. The number of oxime groups is 1. The van der Waals surface area contributed by atoms with Crippen molar-refractivity contribution in [2.75, 3.05) is 6.54 Å². The van der Waals surface area contributed by atoms with Crippen LogP contribution >= 0.6 is 0 Å². The van der Waals surface area contributed by atoms with Crippen LogP contribution in [0.5, 0.6) is 0 Å². The molecular formula is C27H47N5O2. The molecule has 7 nitrogen and oxygen atoms in total. The van der Waals surface area contributed by atoms with Crippen molar-refractivity contribution in [2.45, 2.75) is 120 Å². The first-order chi connectivity index (χ1) is 16.5. The third-order valence-electron chi connectivity index (χ3n) is 10.4. The number of carbonyl (C=O) groups is 1. The van der Waals surface area contributed by atoms with Crippen LogP contribution in [0.2, 0.25) is 0 Å². The van der Waals surface area contributed by atoms with Crippen LogP contribution in [0.15, 0.2) is 5.16 Å². The van der Waals surface area contributed by atoms with Crippen molar-refractivity contribution >= 4 is 11.7 Å². The van der Waals surface area contributed by atoms with Crippen molar-refractivity contribution in [3.8, 4) is 0 Å². The Bertz CT molecular complexity index is 737. The fraction of sp³-hybridized carbons (Fsp3) is 0.926. The summed E-state index contributed by atoms with van der Waals surface area (Å²) in [5, 5.41) is 16.0. The Morgan fingerprint density at radius 2 is 1.62 bits per heavy atom. The number of amidine groups is 1. The monoisotopic (exact) mass is 473 g/mol. The van der Waals surface area contributed by atoms with Crippen molar-refractivity contribution < 1.29 is 10.0 Å². The molecule has 6 N–H and O–H groups in total. The Morgan fingerprint density at radius 3 is 2.38 bits per heavy atom. The molecule has 7 unspecified atom stereocenters. The van der Waals surface area contributed by atoms with Gasteiger partial charge < -0.3 is 22.0 Å². The smallest absolute Gasteiger partial charge is 0.237 e. The number of likely N-dealkylation sites (tertiary alicyclic amines) is 1. The largest absolute Gasteiger partial charge is 0.409 e. The molecule has 1 heterocycles. The van der Waals surface area contributed by atoms with Crippen molar-refractivity contribution in [3.63, 3.8) is 0 Å². The predicted octanol–water partition coefficient (Wildman–Crippen LogP) is 3.58. The molecule has 0 spiro atoms. The Labute approximate surface area is 205 Å². The van der Waals surface area contributed by atoms with Gasteiger partial charge in [-0.2, -0.15) is 0 Å². The molecule has 0 radical (unpaired) electrons. The Kier molecular flexibility index (Phi) is 7.69. The molecule has 0 aromatic carbocycles. The molecule has 34 heavy (non-hydrogen) atoms. The van der Waals surface area contributed by atoms with E-state index in [2.05, 4.69) is 15.4 Å². The minimum absolute atomic E-state index is 0.0271. The zero-order valence-corrected chi connectivity index (χ0v) is 20.9. The van der Waals surface area contributed by atoms with Crippen molar-refractivity contribution in [2.24, 2.45) is 46.2 Å². The molecule has 1 amide bonds. The van der Waals surface area contributed by atoms with E-state index in [1.54, 1.807) is 0 Å². The van der Waals surface area contributed by atoms with Gasteiger partial charge in [0, 0.05) is 30.6 Å². The summed E-state index contributed by atoms with van der Waals surface area (Å²) < 4.78 is 0. The fourth-order valence-electron chi connectivity index (χ4n) is 8.41. The van der Waals surface area contributed by atoms with Crippen LogP contribution < -0.4 is 16.8 Å². The van der Waals surface area contributed by atoms with Gasteiger partial charge in [-0.15, -0.1) is 0 Å². The van der Waals surface area contributed by atoms with E-state index in [1.165, 1.54) is 44.9 Å². The molecule has 0 bridgehead atoms. The summed E-state index contributed by atoms with van der Waals surface area (Å²) in [5.41, 5.74) is 12.1. The SMILES string of the molecule is N/C(=N\O)C1CCC2CC(C(=O)NC3CCC(N)CC3)N(CC3CCC4CCCCC4C3)C2C1. The number of nitrogens with zero attached hydrogens (tertiary/aromatic N) is 2. The standard InChI is InChI=1S/C27H47N5O2/c28-22-9-11-23(12-10-22)30-27(33)25-14-20-7-8-21(26(29)31-34)15-24(20)32(25)16-17-5-6-18-3-1-2-4-19(18)13-17/h17-25,34H,1-16,28H2,(H2,29,31)(H,30,33). The minimum Gasteiger partial charge on any atom is -0.409 e. The van der Waals surface area contributed by atoms with E-state index >= 15 is 0 Å². The number of fused-ring (bicyclic) bond motifs is 2. The average molecular weight is 474 g/mol. The number of carbonyl (C=O) groups excluding carboxylic acids is 1. The van der Waals surface area contributed by atoms with Crippen LogP contribution in [-0.4, -0.2) is 52.6 Å². The lowest BCUT2D eigenvalue weighted by molar-refractivity contribution is -0.127. The average Bonchev–Trinajstić information content (AvgIpc) is 3.22. The number of nitrogens with one attached hydrogen (secondary N) is 1. The van der Waals surface area contributed by atoms with Crippen LogP contribution in [0.3, 0.4) is 0 Å². The summed E-state index contributed by atoms with van der Waals surface area (Å²) in [6.07, 6.45) is 17.6. The lowest BCUT2D eigenvalue weighted by Gasteiger charge is -2.43. The minimum atomic E-state index is -0.0271. The molecule has 7 atom stereocenters. The summed E-state index contributed by atoms with van der Waals surface area (Å²) >= 11 is 0. The van der Waals surface area contributed by atoms with E-state index in [1.807, 2.05) is 0 Å². The molecule has 1 aliphatic heterocycles. The van der Waals surface area contributed by atoms with Crippen LogP contribution in [0.1, 0.15) is 96.3 Å². The van der Waals surface area contributed by atoms with Crippen LogP contribution in [-0.2, 0) is 4.79 Å². The zero-order chi connectivity index (χ0) is 23.7. The molecule has 0 aromatic rings. The first-order valence-corrected chi connectivity index (χ1v) is 14.3. The van der Waals surface area contributed by atoms with Gasteiger partial charge in [0.15, 0.2) is 0 Å². The molecule has 4 saturated carbocycles. The summed E-state index contributed by atoms with van der Waals surface area (Å²) in [6, 6.07) is 0.920. The molecule has 0 aromatic heterocycles. The number of nitrogens with two attached hydrogens (primary N) is 2. The molecule has 192 valence electrons. The maximum atomic E-state index is 13.6. The van der Waals surface area contributed by atoms with Crippen molar-refractivity contribution in [3.05, 3.63) is 0 Å². The van der Waals surface area contributed by atoms with E-state index < -0.39 is 0 Å². The normalized spacial score (nSPS) is 43.7. The lowest BCUT2D eigenvalue weighted by Crippen LogP contribution is -2.52. The highest BCUT2D eigenvalue weighted by atomic mass is 16.4. The Balaban J connectivity index is 1.28. The number of hydrogen-bond acceptors (Lipinski definition) is 5. The third-order valence-corrected chi connectivity index (χ3v) is 10.4. The van der Waals surface area contributed by atoms with Gasteiger partial charge in [-0.1, -0.05) is 30.8 Å². The molecule has 5 rings (SSSR count). The second kappa shape index (κ2) is 10.7. The third kappa shape index (κ3) is 5.25. The number of hydrogen-bond donors (Lipinski definition) is 4. The summed E-state index contributed by atoms with van der Waals surface area (Å²) in [4.78, 5) is 16.2. The second-order valence-corrected chi connectivity index (χ2v) is 12.4. The molecule has 4 aliphatic carbocycles. The van der Waals surface area contributed by atoms with Crippen molar-refractivity contribution in [1.82, 2.24) is 10.2 Å². The predicted molar refractivity (Wildman–Crippen MR) is 134 cm³/mol. The van der Waals surface area contributed by atoms with Gasteiger partial charge in [0.2, 0.25) is 5.91 Å². The van der Waals surface area contributed by atoms with E-state index in [0.717, 1.165) is 69.7 Å². The molecular weight excluding hydrogens is 426 g/mol. The second-order valence-electron chi connectivity index (χ2n) is 12.4. The Morgan fingerprint density at radius 1 is 0.882 bits per heavy atom. The fourth-order valence-corrected chi connectivity index (χ4v) is 8.41. The molecule has 5 aliphatic rings. The van der Waals surface area contributed by atoms with E-state index in [4.69, 9.17) is 11.5 Å². The topological polar surface area (TPSA) is 117 Å². The van der Waals surface area contributed by atoms with Crippen LogP contribution in [0.25, 0.3) is 0 Å². The van der Waals surface area contributed by atoms with E-state index in [9.17, 15) is 10.0 Å². The lowest BCUT2D eigenvalue weighted by atomic mass is 9.67. The Hall–Kier alpha value is -1.34. The summed E-state index contributed by atoms with van der Waals surface area (Å²) in [6.45, 7) is 1.04.